The molecule has 2 bridgehead atoms. The van der Waals surface area contributed by atoms with E-state index < -0.39 is 5.67 Å². The molecular weight excluding hydrogens is 649 g/mol. The predicted octanol–water partition coefficient (Wildman–Crippen LogP) is 4.32. The van der Waals surface area contributed by atoms with Crippen LogP contribution in [0.5, 0.6) is 0 Å². The normalized spacial score (nSPS) is 23.2. The number of nitrogens with zero attached hydrogens (tertiary/aromatic N) is 6. The van der Waals surface area contributed by atoms with E-state index in [4.69, 9.17) is 4.74 Å². The number of likely N-dealkylation sites (tertiary alicyclic amines) is 2. The zero-order valence-corrected chi connectivity index (χ0v) is 28.9. The number of hydrogen-bond donors (Lipinski definition) is 3. The third-order valence-electron chi connectivity index (χ3n) is 10.5. The Bertz CT molecular complexity index is 1920. The van der Waals surface area contributed by atoms with Crippen LogP contribution in [0.4, 0.5) is 15.9 Å². The van der Waals surface area contributed by atoms with Gasteiger partial charge in [0, 0.05) is 61.9 Å². The summed E-state index contributed by atoms with van der Waals surface area (Å²) in [4.78, 5) is 49.6. The number of alkyl halides is 1. The minimum Gasteiger partial charge on any atom is -0.377 e. The van der Waals surface area contributed by atoms with Gasteiger partial charge in [0.2, 0.25) is 5.91 Å². The van der Waals surface area contributed by atoms with Crippen molar-refractivity contribution < 1.29 is 18.7 Å². The average Bonchev–Trinajstić information content (AvgIpc) is 3.65. The maximum Gasteiger partial charge on any atom is 0.274 e. The number of pyridine rings is 1. The van der Waals surface area contributed by atoms with Gasteiger partial charge in [-0.05, 0) is 80.6 Å². The van der Waals surface area contributed by atoms with Gasteiger partial charge in [0.1, 0.15) is 29.2 Å². The quantitative estimate of drug-likeness (QED) is 0.208. The minimum absolute atomic E-state index is 0.00220. The number of carbonyl (C=O) groups is 2. The van der Waals surface area contributed by atoms with E-state index >= 15 is 0 Å². The molecule has 4 aliphatic heterocycles. The molecule has 0 radical (unpaired) electrons. The number of carbonyl (C=O) groups excluding carboxylic acids is 2. The van der Waals surface area contributed by atoms with Gasteiger partial charge in [0.05, 0.1) is 30.7 Å². The zero-order chi connectivity index (χ0) is 35.1. The Kier molecular flexibility index (Phi) is 9.03. The number of benzene rings is 1. The summed E-state index contributed by atoms with van der Waals surface area (Å²) in [6.45, 7) is 10.2. The first-order valence-electron chi connectivity index (χ1n) is 17.9. The molecule has 13 heteroatoms. The van der Waals surface area contributed by atoms with E-state index in [9.17, 15) is 14.0 Å². The highest BCUT2D eigenvalue weighted by molar-refractivity contribution is 6.03. The molecule has 2 amide bonds. The van der Waals surface area contributed by atoms with Crippen molar-refractivity contribution >= 4 is 34.4 Å². The molecular formula is C38H44FN9O3. The number of hydrogen-bond acceptors (Lipinski definition) is 9. The third-order valence-corrected chi connectivity index (χ3v) is 10.5. The van der Waals surface area contributed by atoms with Crippen LogP contribution < -0.4 is 15.5 Å². The van der Waals surface area contributed by atoms with Crippen LogP contribution in [0.15, 0.2) is 67.1 Å². The molecule has 0 aliphatic carbocycles. The fourth-order valence-electron chi connectivity index (χ4n) is 8.09. The van der Waals surface area contributed by atoms with Crippen LogP contribution in [0, 0.1) is 0 Å². The van der Waals surface area contributed by atoms with Crippen LogP contribution in [-0.2, 0) is 16.1 Å². The van der Waals surface area contributed by atoms with E-state index in [2.05, 4.69) is 53.0 Å². The van der Waals surface area contributed by atoms with E-state index in [1.54, 1.807) is 19.4 Å². The van der Waals surface area contributed by atoms with Crippen LogP contribution in [-0.4, -0.2) is 111 Å². The Morgan fingerprint density at radius 2 is 1.82 bits per heavy atom. The number of rotatable bonds is 10. The number of ether oxygens (including phenoxy) is 1. The van der Waals surface area contributed by atoms with Gasteiger partial charge in [-0.25, -0.2) is 14.4 Å². The first-order valence-corrected chi connectivity index (χ1v) is 17.9. The SMILES string of the molecule is C=C(CN1CC(C)(F)C1)C(=O)N[C@@H]1CCCN(Cc2ccnc(C(=O)Nc3ccc(-c4cc5c(N6C7CCC6COC7)ncnc5[nH]4)cc3)c2)C1. The summed E-state index contributed by atoms with van der Waals surface area (Å²) in [6.07, 6.45) is 7.34. The molecule has 2 unspecified atom stereocenters. The Morgan fingerprint density at radius 3 is 2.59 bits per heavy atom. The fraction of sp³-hybridized carbons (Fsp3) is 0.447. The van der Waals surface area contributed by atoms with Crippen LogP contribution in [0.2, 0.25) is 0 Å². The molecule has 8 rings (SSSR count). The van der Waals surface area contributed by atoms with Crippen LogP contribution >= 0.6 is 0 Å². The molecule has 3 atom stereocenters. The molecule has 4 aromatic rings. The third kappa shape index (κ3) is 7.23. The summed E-state index contributed by atoms with van der Waals surface area (Å²) in [5.74, 6) is 0.496. The van der Waals surface area contributed by atoms with E-state index in [0.29, 0.717) is 61.8 Å². The van der Waals surface area contributed by atoms with Gasteiger partial charge in [0.25, 0.3) is 5.91 Å². The number of aromatic nitrogens is 4. The molecule has 12 nitrogen and oxygen atoms in total. The lowest BCUT2D eigenvalue weighted by Crippen LogP contribution is -2.58. The van der Waals surface area contributed by atoms with Gasteiger partial charge >= 0.3 is 0 Å². The molecule has 266 valence electrons. The largest absolute Gasteiger partial charge is 0.377 e. The van der Waals surface area contributed by atoms with Crippen molar-refractivity contribution in [3.8, 4) is 11.3 Å². The number of anilines is 2. The maximum absolute atomic E-state index is 13.8. The number of piperidine rings is 1. The maximum atomic E-state index is 13.8. The molecule has 51 heavy (non-hydrogen) atoms. The van der Waals surface area contributed by atoms with E-state index in [1.807, 2.05) is 41.3 Å². The van der Waals surface area contributed by atoms with Crippen molar-refractivity contribution in [1.29, 1.82) is 0 Å². The summed E-state index contributed by atoms with van der Waals surface area (Å²) >= 11 is 0. The summed E-state index contributed by atoms with van der Waals surface area (Å²) in [5, 5.41) is 7.10. The van der Waals surface area contributed by atoms with Gasteiger partial charge in [-0.2, -0.15) is 0 Å². The number of nitrogens with one attached hydrogen (secondary N) is 3. The number of aromatic amines is 1. The number of morpholine rings is 1. The van der Waals surface area contributed by atoms with Crippen molar-refractivity contribution in [2.75, 3.05) is 56.2 Å². The van der Waals surface area contributed by atoms with Crippen molar-refractivity contribution in [3.05, 3.63) is 78.4 Å². The first kappa shape index (κ1) is 33.4. The monoisotopic (exact) mass is 693 g/mol. The Labute approximate surface area is 296 Å². The fourth-order valence-corrected chi connectivity index (χ4v) is 8.09. The van der Waals surface area contributed by atoms with Crippen molar-refractivity contribution in [2.24, 2.45) is 0 Å². The van der Waals surface area contributed by atoms with Gasteiger partial charge < -0.3 is 25.3 Å². The smallest absolute Gasteiger partial charge is 0.274 e. The summed E-state index contributed by atoms with van der Waals surface area (Å²) in [5.41, 5.74) is 3.96. The molecule has 3 N–H and O–H groups in total. The van der Waals surface area contributed by atoms with E-state index in [1.165, 1.54) is 0 Å². The van der Waals surface area contributed by atoms with Crippen molar-refractivity contribution in [1.82, 2.24) is 35.1 Å². The molecule has 0 spiro atoms. The Morgan fingerprint density at radius 1 is 1.04 bits per heavy atom. The van der Waals surface area contributed by atoms with Crippen molar-refractivity contribution in [3.63, 3.8) is 0 Å². The number of amides is 2. The summed E-state index contributed by atoms with van der Waals surface area (Å²) in [6, 6.07) is 14.3. The second kappa shape index (κ2) is 13.8. The van der Waals surface area contributed by atoms with E-state index in [-0.39, 0.29) is 17.9 Å². The van der Waals surface area contributed by atoms with Gasteiger partial charge in [-0.15, -0.1) is 0 Å². The number of H-pyrrole nitrogens is 1. The highest BCUT2D eigenvalue weighted by atomic mass is 19.1. The Balaban J connectivity index is 0.864. The lowest BCUT2D eigenvalue weighted by atomic mass is 9.98. The lowest BCUT2D eigenvalue weighted by Gasteiger charge is -2.42. The van der Waals surface area contributed by atoms with Crippen LogP contribution in [0.1, 0.15) is 48.7 Å². The summed E-state index contributed by atoms with van der Waals surface area (Å²) < 4.78 is 19.6. The molecule has 4 aliphatic rings. The molecule has 4 fully saturated rings. The number of halogens is 1. The molecule has 0 saturated carbocycles. The van der Waals surface area contributed by atoms with E-state index in [0.717, 1.165) is 79.1 Å². The zero-order valence-electron chi connectivity index (χ0n) is 28.9. The highest BCUT2D eigenvalue weighted by Crippen LogP contribution is 2.37. The summed E-state index contributed by atoms with van der Waals surface area (Å²) in [7, 11) is 0. The van der Waals surface area contributed by atoms with Gasteiger partial charge in [0.15, 0.2) is 0 Å². The second-order valence-corrected chi connectivity index (χ2v) is 14.8. The molecule has 1 aromatic carbocycles. The van der Waals surface area contributed by atoms with Crippen LogP contribution in [0.25, 0.3) is 22.3 Å². The lowest BCUT2D eigenvalue weighted by molar-refractivity contribution is -0.119. The predicted molar refractivity (Wildman–Crippen MR) is 193 cm³/mol. The minimum atomic E-state index is -1.18. The van der Waals surface area contributed by atoms with Gasteiger partial charge in [-0.1, -0.05) is 18.7 Å². The van der Waals surface area contributed by atoms with Gasteiger partial charge in [-0.3, -0.25) is 24.4 Å². The topological polar surface area (TPSA) is 132 Å². The standard InChI is InChI=1S/C38H44FN9O3/c1-24(16-47-21-38(2,39)22-47)36(49)44-28-4-3-13-46(18-28)17-25-11-12-40-33(14-25)37(50)43-27-7-5-26(6-8-27)32-15-31-34(45-32)41-23-42-35(31)48-29-9-10-30(48)20-51-19-29/h5-8,11-12,14-15,23,28-30H,1,3-4,9-10,13,16-22H2,2H3,(H,43,50)(H,44,49)(H,41,42,45)/t28-,29?,30?/m1/s1. The van der Waals surface area contributed by atoms with Crippen LogP contribution in [0.3, 0.4) is 0 Å². The molecule has 7 heterocycles. The molecule has 3 aromatic heterocycles. The average molecular weight is 694 g/mol. The van der Waals surface area contributed by atoms with Crippen molar-refractivity contribution in [2.45, 2.75) is 62.9 Å². The first-order chi connectivity index (χ1) is 24.7. The number of fused-ring (bicyclic) bond motifs is 3. The molecule has 4 saturated heterocycles. The highest BCUT2D eigenvalue weighted by Gasteiger charge is 2.40. The Hall–Kier alpha value is -4.72. The second-order valence-electron chi connectivity index (χ2n) is 14.8.